The molecule has 2 aromatic carbocycles. The number of halogens is 3. The zero-order chi connectivity index (χ0) is 29.7. The number of aromatic hydroxyl groups is 1. The van der Waals surface area contributed by atoms with Crippen LogP contribution >= 0.6 is 0 Å². The van der Waals surface area contributed by atoms with Crippen molar-refractivity contribution in [2.24, 2.45) is 11.7 Å². The van der Waals surface area contributed by atoms with Crippen LogP contribution in [0.4, 0.5) is 19.0 Å². The van der Waals surface area contributed by atoms with E-state index in [9.17, 15) is 13.9 Å². The van der Waals surface area contributed by atoms with E-state index in [-0.39, 0.29) is 51.6 Å². The molecule has 0 spiro atoms. The van der Waals surface area contributed by atoms with Crippen LogP contribution < -0.4 is 15.4 Å². The van der Waals surface area contributed by atoms with Crippen molar-refractivity contribution in [3.8, 4) is 35.4 Å². The lowest BCUT2D eigenvalue weighted by molar-refractivity contribution is 0.107. The number of nitrogens with two attached hydrogens (primary N) is 1. The number of hydrogen-bond donors (Lipinski definition) is 2. The molecular formula is C32H29F3N6O2. The summed E-state index contributed by atoms with van der Waals surface area (Å²) in [5.41, 5.74) is 5.63. The maximum atomic E-state index is 16.6. The minimum absolute atomic E-state index is 0.0233. The first-order chi connectivity index (χ1) is 20.7. The molecule has 8 nitrogen and oxygen atoms in total. The van der Waals surface area contributed by atoms with Gasteiger partial charge in [0.25, 0.3) is 0 Å². The molecule has 4 fully saturated rings. The van der Waals surface area contributed by atoms with Crippen molar-refractivity contribution in [2.45, 2.75) is 42.9 Å². The van der Waals surface area contributed by atoms with Crippen molar-refractivity contribution >= 4 is 27.5 Å². The Hall–Kier alpha value is -4.14. The quantitative estimate of drug-likeness (QED) is 0.334. The van der Waals surface area contributed by atoms with Gasteiger partial charge in [-0.1, -0.05) is 12.0 Å². The highest BCUT2D eigenvalue weighted by atomic mass is 19.1. The minimum Gasteiger partial charge on any atom is -0.508 e. The second-order valence-electron chi connectivity index (χ2n) is 12.5. The van der Waals surface area contributed by atoms with E-state index in [2.05, 4.69) is 20.8 Å². The van der Waals surface area contributed by atoms with E-state index < -0.39 is 23.3 Å². The van der Waals surface area contributed by atoms with Crippen LogP contribution in [0.5, 0.6) is 11.8 Å². The van der Waals surface area contributed by atoms with E-state index >= 15 is 4.39 Å². The number of terminal acetylenes is 1. The predicted molar refractivity (Wildman–Crippen MR) is 156 cm³/mol. The molecule has 220 valence electrons. The van der Waals surface area contributed by atoms with E-state index in [1.165, 1.54) is 30.5 Å². The lowest BCUT2D eigenvalue weighted by atomic mass is 9.95. The Labute approximate surface area is 245 Å². The number of phenols is 1. The molecule has 11 heteroatoms. The molecule has 3 aliphatic heterocycles. The smallest absolute Gasteiger partial charge is 0.319 e. The van der Waals surface area contributed by atoms with Crippen LogP contribution in [0.1, 0.15) is 31.2 Å². The highest BCUT2D eigenvalue weighted by Gasteiger charge is 2.58. The third-order valence-electron chi connectivity index (χ3n) is 9.83. The summed E-state index contributed by atoms with van der Waals surface area (Å²) in [5, 5.41) is 11.5. The number of alkyl halides is 1. The number of pyridine rings is 1. The van der Waals surface area contributed by atoms with Crippen molar-refractivity contribution in [2.75, 3.05) is 37.7 Å². The van der Waals surface area contributed by atoms with Gasteiger partial charge in [0.15, 0.2) is 5.82 Å². The fourth-order valence-electron chi connectivity index (χ4n) is 7.60. The average Bonchev–Trinajstić information content (AvgIpc) is 3.23. The second kappa shape index (κ2) is 9.18. The first-order valence-electron chi connectivity index (χ1n) is 14.5. The monoisotopic (exact) mass is 586 g/mol. The van der Waals surface area contributed by atoms with Crippen LogP contribution in [-0.2, 0) is 0 Å². The fourth-order valence-corrected chi connectivity index (χ4v) is 7.60. The predicted octanol–water partition coefficient (Wildman–Crippen LogP) is 4.30. The van der Waals surface area contributed by atoms with Crippen molar-refractivity contribution < 1.29 is 23.0 Å². The molecule has 0 unspecified atom stereocenters. The van der Waals surface area contributed by atoms with Crippen LogP contribution in [0.2, 0.25) is 0 Å². The van der Waals surface area contributed by atoms with Crippen LogP contribution in [0.25, 0.3) is 32.9 Å². The summed E-state index contributed by atoms with van der Waals surface area (Å²) in [6.45, 7) is 2.58. The van der Waals surface area contributed by atoms with Gasteiger partial charge in [0.2, 0.25) is 0 Å². The molecule has 2 aromatic heterocycles. The number of anilines is 1. The first kappa shape index (κ1) is 26.5. The molecule has 43 heavy (non-hydrogen) atoms. The average molecular weight is 587 g/mol. The number of piperidine rings is 1. The lowest BCUT2D eigenvalue weighted by Crippen LogP contribution is -2.43. The summed E-state index contributed by atoms with van der Waals surface area (Å²) in [6, 6.07) is 5.40. The first-order valence-corrected chi connectivity index (χ1v) is 14.5. The van der Waals surface area contributed by atoms with Crippen molar-refractivity contribution in [3.05, 3.63) is 47.7 Å². The van der Waals surface area contributed by atoms with Crippen LogP contribution in [0.15, 0.2) is 30.5 Å². The Morgan fingerprint density at radius 3 is 2.84 bits per heavy atom. The third-order valence-corrected chi connectivity index (χ3v) is 9.83. The Morgan fingerprint density at radius 2 is 2.05 bits per heavy atom. The van der Waals surface area contributed by atoms with Crippen molar-refractivity contribution in [1.29, 1.82) is 0 Å². The van der Waals surface area contributed by atoms with Gasteiger partial charge in [-0.2, -0.15) is 9.97 Å². The van der Waals surface area contributed by atoms with Gasteiger partial charge in [-0.15, -0.1) is 6.42 Å². The maximum Gasteiger partial charge on any atom is 0.319 e. The van der Waals surface area contributed by atoms with Crippen molar-refractivity contribution in [3.63, 3.8) is 0 Å². The highest BCUT2D eigenvalue weighted by Crippen LogP contribution is 2.49. The van der Waals surface area contributed by atoms with Gasteiger partial charge in [0, 0.05) is 48.7 Å². The summed E-state index contributed by atoms with van der Waals surface area (Å²) in [7, 11) is 0. The molecule has 8 rings (SSSR count). The van der Waals surface area contributed by atoms with Gasteiger partial charge in [-0.25, -0.2) is 13.2 Å². The van der Waals surface area contributed by atoms with Crippen LogP contribution in [0.3, 0.4) is 0 Å². The van der Waals surface area contributed by atoms with E-state index in [1.54, 1.807) is 0 Å². The van der Waals surface area contributed by atoms with Gasteiger partial charge in [0.1, 0.15) is 41.4 Å². The Bertz CT molecular complexity index is 1880. The Morgan fingerprint density at radius 1 is 1.19 bits per heavy atom. The van der Waals surface area contributed by atoms with Gasteiger partial charge < -0.3 is 20.5 Å². The molecule has 0 amide bonds. The molecule has 4 aromatic rings. The molecule has 3 N–H and O–H groups in total. The highest BCUT2D eigenvalue weighted by molar-refractivity contribution is 6.03. The third kappa shape index (κ3) is 4.03. The number of ether oxygens (including phenoxy) is 1. The summed E-state index contributed by atoms with van der Waals surface area (Å²) < 4.78 is 51.9. The molecule has 4 atom stereocenters. The SMILES string of the molecule is C#Cc1c(F)ccc2cc(O)cc(-c3ncc4c(N5C[C@@H]6C[C@]6(N)C5)nc(OC[C@@]56CCCN5C[C@H](F)C6)nc4c3F)c12. The zero-order valence-corrected chi connectivity index (χ0v) is 23.3. The maximum absolute atomic E-state index is 16.6. The zero-order valence-electron chi connectivity index (χ0n) is 23.3. The standard InChI is InChI=1S/C32H29F3N6O2/c1-2-21-24(34)5-4-17-8-20(42)9-22(25(17)21)27-26(35)28-23(12-37-27)29(40-13-18-10-32(18,36)15-40)39-30(38-28)43-16-31-6-3-7-41(31)14-19(33)11-31/h1,4-5,8-9,12,18-19,42H,3,6-7,10-11,13-16,36H2/t18-,19+,31-,32-/m0/s1. The molecule has 1 saturated carbocycles. The van der Waals surface area contributed by atoms with Crippen LogP contribution in [-0.4, -0.2) is 75.0 Å². The summed E-state index contributed by atoms with van der Waals surface area (Å²) in [5.74, 6) is 1.55. The van der Waals surface area contributed by atoms with E-state index in [4.69, 9.17) is 21.9 Å². The molecule has 5 heterocycles. The molecule has 0 radical (unpaired) electrons. The van der Waals surface area contributed by atoms with E-state index in [0.717, 1.165) is 25.8 Å². The number of nitrogens with zero attached hydrogens (tertiary/aromatic N) is 5. The number of aromatic nitrogens is 3. The number of hydrogen-bond acceptors (Lipinski definition) is 8. The van der Waals surface area contributed by atoms with Crippen LogP contribution in [0, 0.1) is 29.9 Å². The van der Waals surface area contributed by atoms with E-state index in [0.29, 0.717) is 48.6 Å². The second-order valence-corrected chi connectivity index (χ2v) is 12.5. The molecule has 4 aliphatic rings. The molecule has 1 aliphatic carbocycles. The van der Waals surface area contributed by atoms with Gasteiger partial charge in [0.05, 0.1) is 16.5 Å². The Kier molecular flexibility index (Phi) is 5.65. The fraction of sp³-hybridized carbons (Fsp3) is 0.406. The minimum atomic E-state index is -0.921. The Balaban J connectivity index is 1.27. The van der Waals surface area contributed by atoms with Gasteiger partial charge in [-0.3, -0.25) is 9.88 Å². The molecular weight excluding hydrogens is 557 g/mol. The topological polar surface area (TPSA) is 101 Å². The summed E-state index contributed by atoms with van der Waals surface area (Å²) in [6.07, 6.45) is 9.26. The molecule has 3 saturated heterocycles. The lowest BCUT2D eigenvalue weighted by Gasteiger charge is -2.31. The summed E-state index contributed by atoms with van der Waals surface area (Å²) in [4.78, 5) is 17.8. The number of phenolic OH excluding ortho intramolecular Hbond substituents is 1. The number of rotatable bonds is 5. The summed E-state index contributed by atoms with van der Waals surface area (Å²) >= 11 is 0. The largest absolute Gasteiger partial charge is 0.508 e. The van der Waals surface area contributed by atoms with Gasteiger partial charge in [-0.05, 0) is 55.3 Å². The van der Waals surface area contributed by atoms with Gasteiger partial charge >= 0.3 is 6.01 Å². The van der Waals surface area contributed by atoms with Crippen molar-refractivity contribution in [1.82, 2.24) is 19.9 Å². The number of benzene rings is 2. The molecule has 0 bridgehead atoms. The van der Waals surface area contributed by atoms with E-state index in [1.807, 2.05) is 4.90 Å². The normalized spacial score (nSPS) is 27.9. The number of fused-ring (bicyclic) bond motifs is 4.